The summed E-state index contributed by atoms with van der Waals surface area (Å²) < 4.78 is 0. The van der Waals surface area contributed by atoms with Gasteiger partial charge in [0.25, 0.3) is 0 Å². The van der Waals surface area contributed by atoms with Gasteiger partial charge in [0.05, 0.1) is 0 Å². The Morgan fingerprint density at radius 2 is 2.00 bits per heavy atom. The van der Waals surface area contributed by atoms with Crippen molar-refractivity contribution in [1.29, 1.82) is 0 Å². The highest BCUT2D eigenvalue weighted by molar-refractivity contribution is 5.57. The van der Waals surface area contributed by atoms with Crippen LogP contribution in [0.15, 0.2) is 24.4 Å². The summed E-state index contributed by atoms with van der Waals surface area (Å²) in [5, 5.41) is 3.66. The lowest BCUT2D eigenvalue weighted by Gasteiger charge is -2.47. The molecule has 3 fully saturated rings. The number of hydrogen-bond acceptors (Lipinski definition) is 6. The molecule has 6 rings (SSSR count). The van der Waals surface area contributed by atoms with Gasteiger partial charge in [-0.05, 0) is 31.4 Å². The first kappa shape index (κ1) is 15.2. The lowest BCUT2D eigenvalue weighted by molar-refractivity contribution is 0.0189. The van der Waals surface area contributed by atoms with Crippen molar-refractivity contribution in [3.05, 3.63) is 35.7 Å². The molecular weight excluding hydrogens is 312 g/mol. The monoisotopic (exact) mass is 336 g/mol. The van der Waals surface area contributed by atoms with Crippen LogP contribution in [0.3, 0.4) is 0 Å². The van der Waals surface area contributed by atoms with Crippen molar-refractivity contribution < 1.29 is 0 Å². The number of aromatic nitrogens is 3. The van der Waals surface area contributed by atoms with Crippen LogP contribution in [0.5, 0.6) is 0 Å². The van der Waals surface area contributed by atoms with E-state index in [1.165, 1.54) is 50.4 Å². The maximum atomic E-state index is 4.84. The lowest BCUT2D eigenvalue weighted by Crippen LogP contribution is -2.62. The highest BCUT2D eigenvalue weighted by atomic mass is 15.3. The van der Waals surface area contributed by atoms with E-state index in [1.807, 2.05) is 18.2 Å². The fraction of sp³-hybridized carbons (Fsp3) is 0.526. The quantitative estimate of drug-likeness (QED) is 0.912. The molecule has 0 saturated carbocycles. The number of fused-ring (bicyclic) bond motifs is 4. The van der Waals surface area contributed by atoms with E-state index in [0.29, 0.717) is 6.04 Å². The minimum Gasteiger partial charge on any atom is -0.368 e. The molecule has 0 amide bonds. The van der Waals surface area contributed by atoms with E-state index < -0.39 is 0 Å². The van der Waals surface area contributed by atoms with E-state index in [-0.39, 0.29) is 0 Å². The summed E-state index contributed by atoms with van der Waals surface area (Å²) in [6, 6.07) is 6.50. The molecule has 5 heterocycles. The van der Waals surface area contributed by atoms with E-state index in [2.05, 4.69) is 20.1 Å². The molecule has 4 aliphatic rings. The summed E-state index contributed by atoms with van der Waals surface area (Å²) in [5.41, 5.74) is 3.37. The first-order chi connectivity index (χ1) is 12.4. The molecule has 1 N–H and O–H groups in total. The summed E-state index contributed by atoms with van der Waals surface area (Å²) in [6.07, 6.45) is 5.11. The van der Waals surface area contributed by atoms with Crippen LogP contribution in [0.25, 0.3) is 11.5 Å². The molecule has 1 atom stereocenters. The van der Waals surface area contributed by atoms with Crippen molar-refractivity contribution >= 4 is 5.82 Å². The molecule has 2 aromatic heterocycles. The number of piperazine rings is 3. The Hall–Kier alpha value is -2.05. The van der Waals surface area contributed by atoms with Gasteiger partial charge < -0.3 is 5.32 Å². The van der Waals surface area contributed by atoms with Gasteiger partial charge in [0.2, 0.25) is 0 Å². The smallest absolute Gasteiger partial charge is 0.180 e. The molecule has 3 aliphatic heterocycles. The third-order valence-corrected chi connectivity index (χ3v) is 5.72. The lowest BCUT2D eigenvalue weighted by atomic mass is 10.1. The molecule has 2 bridgehead atoms. The van der Waals surface area contributed by atoms with Crippen LogP contribution < -0.4 is 5.32 Å². The highest BCUT2D eigenvalue weighted by Gasteiger charge is 2.32. The van der Waals surface area contributed by atoms with Gasteiger partial charge in [-0.1, -0.05) is 6.07 Å². The first-order valence-electron chi connectivity index (χ1n) is 9.38. The van der Waals surface area contributed by atoms with Crippen LogP contribution in [0.4, 0.5) is 5.82 Å². The summed E-state index contributed by atoms with van der Waals surface area (Å²) in [7, 11) is 0. The van der Waals surface area contributed by atoms with Gasteiger partial charge in [0.1, 0.15) is 11.5 Å². The van der Waals surface area contributed by atoms with Crippen LogP contribution >= 0.6 is 0 Å². The minimum atomic E-state index is 0.591. The van der Waals surface area contributed by atoms with Gasteiger partial charge in [-0.2, -0.15) is 0 Å². The summed E-state index contributed by atoms with van der Waals surface area (Å²) >= 11 is 0. The Bertz CT molecular complexity index is 754. The van der Waals surface area contributed by atoms with E-state index in [1.54, 1.807) is 6.20 Å². The molecular formula is C19H24N6. The predicted molar refractivity (Wildman–Crippen MR) is 97.6 cm³/mol. The van der Waals surface area contributed by atoms with Crippen molar-refractivity contribution in [3.63, 3.8) is 0 Å². The molecule has 25 heavy (non-hydrogen) atoms. The van der Waals surface area contributed by atoms with Gasteiger partial charge in [-0.3, -0.25) is 14.8 Å². The molecule has 0 spiro atoms. The molecule has 130 valence electrons. The number of nitrogens with zero attached hydrogens (tertiary/aromatic N) is 5. The Morgan fingerprint density at radius 3 is 2.76 bits per heavy atom. The van der Waals surface area contributed by atoms with Gasteiger partial charge >= 0.3 is 0 Å². The molecule has 6 heteroatoms. The standard InChI is InChI=1S/C19H24N6/c1-2-7-20-17(5-1)19-22-16-6-3-4-15(16)18(23-19)21-12-14-13-24-8-10-25(14)11-9-24/h1-2,5,7,14H,3-4,6,8-13H2,(H,21,22,23). The largest absolute Gasteiger partial charge is 0.368 e. The zero-order valence-corrected chi connectivity index (χ0v) is 14.5. The molecule has 0 radical (unpaired) electrons. The van der Waals surface area contributed by atoms with E-state index in [4.69, 9.17) is 9.97 Å². The Kier molecular flexibility index (Phi) is 3.87. The van der Waals surface area contributed by atoms with E-state index in [9.17, 15) is 0 Å². The summed E-state index contributed by atoms with van der Waals surface area (Å²) in [4.78, 5) is 19.3. The van der Waals surface area contributed by atoms with Crippen molar-refractivity contribution in [1.82, 2.24) is 24.8 Å². The van der Waals surface area contributed by atoms with E-state index in [0.717, 1.165) is 36.7 Å². The zero-order valence-electron chi connectivity index (χ0n) is 14.5. The number of aryl methyl sites for hydroxylation is 1. The zero-order chi connectivity index (χ0) is 16.6. The number of pyridine rings is 1. The SMILES string of the molecule is c1ccc(-c2nc3c(c(NCC4CN5CCN4CC5)n2)CCC3)nc1. The van der Waals surface area contributed by atoms with Crippen molar-refractivity contribution in [3.8, 4) is 11.5 Å². The number of rotatable bonds is 4. The molecule has 2 aromatic rings. The maximum Gasteiger partial charge on any atom is 0.180 e. The Labute approximate surface area is 148 Å². The van der Waals surface area contributed by atoms with E-state index >= 15 is 0 Å². The average Bonchev–Trinajstić information content (AvgIpc) is 3.16. The topological polar surface area (TPSA) is 57.2 Å². The maximum absolute atomic E-state index is 4.84. The van der Waals surface area contributed by atoms with Crippen molar-refractivity contribution in [2.24, 2.45) is 0 Å². The van der Waals surface area contributed by atoms with Gasteiger partial charge in [-0.25, -0.2) is 9.97 Å². The normalized spacial score (nSPS) is 27.3. The molecule has 6 nitrogen and oxygen atoms in total. The van der Waals surface area contributed by atoms with Crippen LogP contribution in [0.1, 0.15) is 17.7 Å². The fourth-order valence-electron chi connectivity index (χ4n) is 4.32. The second kappa shape index (κ2) is 6.35. The van der Waals surface area contributed by atoms with Crippen LogP contribution in [0, 0.1) is 0 Å². The first-order valence-corrected chi connectivity index (χ1v) is 9.38. The van der Waals surface area contributed by atoms with Gasteiger partial charge in [0, 0.05) is 62.8 Å². The van der Waals surface area contributed by atoms with Crippen LogP contribution in [0.2, 0.25) is 0 Å². The molecule has 1 aliphatic carbocycles. The second-order valence-corrected chi connectivity index (χ2v) is 7.26. The fourth-order valence-corrected chi connectivity index (χ4v) is 4.32. The van der Waals surface area contributed by atoms with Crippen LogP contribution in [-0.2, 0) is 12.8 Å². The Morgan fingerprint density at radius 1 is 1.08 bits per heavy atom. The molecule has 0 aromatic carbocycles. The molecule has 3 saturated heterocycles. The summed E-state index contributed by atoms with van der Waals surface area (Å²) in [5.74, 6) is 1.78. The predicted octanol–water partition coefficient (Wildman–Crippen LogP) is 1.44. The summed E-state index contributed by atoms with van der Waals surface area (Å²) in [6.45, 7) is 6.99. The van der Waals surface area contributed by atoms with Crippen LogP contribution in [-0.4, -0.2) is 70.1 Å². The number of hydrogen-bond donors (Lipinski definition) is 1. The van der Waals surface area contributed by atoms with Crippen molar-refractivity contribution in [2.75, 3.05) is 44.6 Å². The third kappa shape index (κ3) is 2.89. The molecule has 1 unspecified atom stereocenters. The van der Waals surface area contributed by atoms with Gasteiger partial charge in [-0.15, -0.1) is 0 Å². The second-order valence-electron chi connectivity index (χ2n) is 7.26. The van der Waals surface area contributed by atoms with Crippen molar-refractivity contribution in [2.45, 2.75) is 25.3 Å². The van der Waals surface area contributed by atoms with Gasteiger partial charge in [0.15, 0.2) is 5.82 Å². The third-order valence-electron chi connectivity index (χ3n) is 5.72. The number of nitrogens with one attached hydrogen (secondary N) is 1. The minimum absolute atomic E-state index is 0.591. The highest BCUT2D eigenvalue weighted by Crippen LogP contribution is 2.29. The Balaban J connectivity index is 1.40. The number of anilines is 1. The average molecular weight is 336 g/mol.